The first-order valence-corrected chi connectivity index (χ1v) is 6.53. The molecule has 0 spiro atoms. The molecule has 1 aliphatic rings. The number of rotatable bonds is 6. The Balaban J connectivity index is 1.75. The van der Waals surface area contributed by atoms with Gasteiger partial charge in [-0.2, -0.15) is 0 Å². The summed E-state index contributed by atoms with van der Waals surface area (Å²) in [6.07, 6.45) is 0.588. The molecule has 1 fully saturated rings. The number of hydrogen-bond donors (Lipinski definition) is 1. The summed E-state index contributed by atoms with van der Waals surface area (Å²) in [5.74, 6) is 0.172. The Bertz CT molecular complexity index is 474. The molecule has 2 N–H and O–H groups in total. The van der Waals surface area contributed by atoms with Gasteiger partial charge in [-0.3, -0.25) is 14.5 Å². The van der Waals surface area contributed by atoms with Gasteiger partial charge in [-0.25, -0.2) is 0 Å². The van der Waals surface area contributed by atoms with Crippen LogP contribution in [0.15, 0.2) is 24.3 Å². The van der Waals surface area contributed by atoms with Crippen molar-refractivity contribution in [1.82, 2.24) is 4.90 Å². The number of amides is 2. The van der Waals surface area contributed by atoms with Crippen molar-refractivity contribution in [1.29, 1.82) is 0 Å². The first kappa shape index (κ1) is 14.5. The van der Waals surface area contributed by atoms with Crippen LogP contribution in [0.2, 0.25) is 0 Å². The number of carbonyl (C=O) groups is 2. The second-order valence-electron chi connectivity index (χ2n) is 4.49. The average Bonchev–Trinajstić information content (AvgIpc) is 2.46. The van der Waals surface area contributed by atoms with Crippen molar-refractivity contribution in [2.24, 2.45) is 5.73 Å². The number of hydrogen-bond acceptors (Lipinski definition) is 5. The van der Waals surface area contributed by atoms with Crippen LogP contribution in [0, 0.1) is 0 Å². The maximum atomic E-state index is 11.5. The molecule has 0 unspecified atom stereocenters. The summed E-state index contributed by atoms with van der Waals surface area (Å²) in [5, 5.41) is 0. The molecule has 0 bridgehead atoms. The van der Waals surface area contributed by atoms with Gasteiger partial charge < -0.3 is 15.2 Å². The second kappa shape index (κ2) is 7.02. The monoisotopic (exact) mass is 278 g/mol. The van der Waals surface area contributed by atoms with Gasteiger partial charge in [-0.15, -0.1) is 0 Å². The summed E-state index contributed by atoms with van der Waals surface area (Å²) >= 11 is 0. The number of imide groups is 1. The molecule has 1 saturated heterocycles. The van der Waals surface area contributed by atoms with Crippen LogP contribution in [0.4, 0.5) is 0 Å². The van der Waals surface area contributed by atoms with E-state index in [1.165, 1.54) is 4.90 Å². The molecule has 6 heteroatoms. The topological polar surface area (TPSA) is 81.9 Å². The molecule has 1 aromatic rings. The van der Waals surface area contributed by atoms with Crippen molar-refractivity contribution < 1.29 is 19.1 Å². The maximum Gasteiger partial charge on any atom is 0.255 e. The van der Waals surface area contributed by atoms with Crippen LogP contribution in [0.5, 0.6) is 5.75 Å². The van der Waals surface area contributed by atoms with E-state index < -0.39 is 0 Å². The highest BCUT2D eigenvalue weighted by molar-refractivity contribution is 5.98. The van der Waals surface area contributed by atoms with E-state index in [0.29, 0.717) is 26.1 Å². The van der Waals surface area contributed by atoms with Crippen LogP contribution in [0.1, 0.15) is 12.0 Å². The van der Waals surface area contributed by atoms with Crippen molar-refractivity contribution in [3.8, 4) is 5.75 Å². The molecule has 1 heterocycles. The van der Waals surface area contributed by atoms with E-state index in [4.69, 9.17) is 15.2 Å². The predicted molar refractivity (Wildman–Crippen MR) is 72.0 cm³/mol. The Morgan fingerprint density at radius 1 is 1.25 bits per heavy atom. The van der Waals surface area contributed by atoms with Crippen LogP contribution >= 0.6 is 0 Å². The first-order chi connectivity index (χ1) is 9.70. The van der Waals surface area contributed by atoms with Crippen molar-refractivity contribution in [3.05, 3.63) is 29.8 Å². The zero-order valence-corrected chi connectivity index (χ0v) is 11.2. The van der Waals surface area contributed by atoms with Crippen LogP contribution in [0.25, 0.3) is 0 Å². The van der Waals surface area contributed by atoms with Gasteiger partial charge in [0.25, 0.3) is 11.8 Å². The number of morpholine rings is 1. The standard InChI is InChI=1S/C14H18N2O4/c15-8-11-3-1-4-12(7-11)20-6-2-5-16-13(17)9-19-10-14(16)18/h1,3-4,7H,2,5-6,8-10,15H2. The second-order valence-corrected chi connectivity index (χ2v) is 4.49. The lowest BCUT2D eigenvalue weighted by atomic mass is 10.2. The van der Waals surface area contributed by atoms with Crippen LogP contribution in [-0.4, -0.2) is 43.1 Å². The fourth-order valence-corrected chi connectivity index (χ4v) is 1.94. The summed E-state index contributed by atoms with van der Waals surface area (Å²) in [5.41, 5.74) is 6.55. The third-order valence-corrected chi connectivity index (χ3v) is 2.98. The molecule has 20 heavy (non-hydrogen) atoms. The van der Waals surface area contributed by atoms with Gasteiger partial charge in [-0.1, -0.05) is 12.1 Å². The van der Waals surface area contributed by atoms with Crippen LogP contribution in [0.3, 0.4) is 0 Å². The molecule has 0 radical (unpaired) electrons. The smallest absolute Gasteiger partial charge is 0.255 e. The largest absolute Gasteiger partial charge is 0.494 e. The molecule has 0 aliphatic carbocycles. The lowest BCUT2D eigenvalue weighted by Gasteiger charge is -2.24. The van der Waals surface area contributed by atoms with E-state index in [1.54, 1.807) is 0 Å². The van der Waals surface area contributed by atoms with E-state index in [9.17, 15) is 9.59 Å². The van der Waals surface area contributed by atoms with Crippen molar-refractivity contribution in [2.45, 2.75) is 13.0 Å². The third kappa shape index (κ3) is 3.79. The van der Waals surface area contributed by atoms with Crippen molar-refractivity contribution in [2.75, 3.05) is 26.4 Å². The van der Waals surface area contributed by atoms with Crippen molar-refractivity contribution in [3.63, 3.8) is 0 Å². The SMILES string of the molecule is NCc1cccc(OCCCN2C(=O)COCC2=O)c1. The lowest BCUT2D eigenvalue weighted by Crippen LogP contribution is -2.46. The molecule has 1 aliphatic heterocycles. The fourth-order valence-electron chi connectivity index (χ4n) is 1.94. The Morgan fingerprint density at radius 2 is 2.00 bits per heavy atom. The highest BCUT2D eigenvalue weighted by Crippen LogP contribution is 2.13. The highest BCUT2D eigenvalue weighted by atomic mass is 16.5. The molecule has 108 valence electrons. The number of benzene rings is 1. The minimum atomic E-state index is -0.286. The molecule has 2 rings (SSSR count). The summed E-state index contributed by atoms with van der Waals surface area (Å²) in [6.45, 7) is 1.22. The van der Waals surface area contributed by atoms with Crippen LogP contribution in [-0.2, 0) is 20.9 Å². The van der Waals surface area contributed by atoms with Gasteiger partial charge in [0.15, 0.2) is 0 Å². The van der Waals surface area contributed by atoms with E-state index in [-0.39, 0.29) is 25.0 Å². The summed E-state index contributed by atoms with van der Waals surface area (Å²) in [6, 6.07) is 7.54. The molecular formula is C14H18N2O4. The number of nitrogens with two attached hydrogens (primary N) is 1. The zero-order chi connectivity index (χ0) is 14.4. The van der Waals surface area contributed by atoms with Gasteiger partial charge in [0.1, 0.15) is 19.0 Å². The minimum Gasteiger partial charge on any atom is -0.494 e. The van der Waals surface area contributed by atoms with Crippen LogP contribution < -0.4 is 10.5 Å². The van der Waals surface area contributed by atoms with Gasteiger partial charge in [-0.05, 0) is 24.1 Å². The molecule has 0 atom stereocenters. The van der Waals surface area contributed by atoms with Gasteiger partial charge in [0, 0.05) is 13.1 Å². The highest BCUT2D eigenvalue weighted by Gasteiger charge is 2.25. The lowest BCUT2D eigenvalue weighted by molar-refractivity contribution is -0.158. The average molecular weight is 278 g/mol. The Morgan fingerprint density at radius 3 is 2.70 bits per heavy atom. The number of nitrogens with zero attached hydrogens (tertiary/aromatic N) is 1. The third-order valence-electron chi connectivity index (χ3n) is 2.98. The molecule has 1 aromatic carbocycles. The van der Waals surface area contributed by atoms with E-state index in [1.807, 2.05) is 24.3 Å². The van der Waals surface area contributed by atoms with E-state index >= 15 is 0 Å². The maximum absolute atomic E-state index is 11.5. The Kier molecular flexibility index (Phi) is 5.09. The molecule has 0 saturated carbocycles. The molecule has 0 aromatic heterocycles. The van der Waals surface area contributed by atoms with Gasteiger partial charge in [0.2, 0.25) is 0 Å². The summed E-state index contributed by atoms with van der Waals surface area (Å²) in [7, 11) is 0. The Hall–Kier alpha value is -1.92. The Labute approximate surface area is 117 Å². The summed E-state index contributed by atoms with van der Waals surface area (Å²) < 4.78 is 10.4. The summed E-state index contributed by atoms with van der Waals surface area (Å²) in [4.78, 5) is 24.2. The molecule has 6 nitrogen and oxygen atoms in total. The zero-order valence-electron chi connectivity index (χ0n) is 11.2. The fraction of sp³-hybridized carbons (Fsp3) is 0.429. The van der Waals surface area contributed by atoms with Gasteiger partial charge in [0.05, 0.1) is 6.61 Å². The first-order valence-electron chi connectivity index (χ1n) is 6.53. The molecule has 2 amide bonds. The number of carbonyl (C=O) groups excluding carboxylic acids is 2. The van der Waals surface area contributed by atoms with E-state index in [0.717, 1.165) is 11.3 Å². The van der Waals surface area contributed by atoms with Gasteiger partial charge >= 0.3 is 0 Å². The quantitative estimate of drug-likeness (QED) is 0.598. The molecular weight excluding hydrogens is 260 g/mol. The predicted octanol–water partition coefficient (Wildman–Crippen LogP) is 0.300. The van der Waals surface area contributed by atoms with Crippen molar-refractivity contribution >= 4 is 11.8 Å². The normalized spacial score (nSPS) is 15.6. The minimum absolute atomic E-state index is 0.0227. The number of ether oxygens (including phenoxy) is 2. The van der Waals surface area contributed by atoms with E-state index in [2.05, 4.69) is 0 Å².